The smallest absolute Gasteiger partial charge is 0.0756 e. The Labute approximate surface area is 103 Å². The SMILES string of the molecule is CC(N)c1ccc2c(C(C)(C)C)nn(C)c2c1. The highest BCUT2D eigenvalue weighted by Crippen LogP contribution is 2.30. The molecule has 1 unspecified atom stereocenters. The molecule has 0 spiro atoms. The van der Waals surface area contributed by atoms with Crippen molar-refractivity contribution in [3.63, 3.8) is 0 Å². The van der Waals surface area contributed by atoms with Crippen molar-refractivity contribution in [2.45, 2.75) is 39.2 Å². The fourth-order valence-electron chi connectivity index (χ4n) is 2.11. The molecule has 0 fully saturated rings. The van der Waals surface area contributed by atoms with E-state index in [0.717, 1.165) is 16.8 Å². The Balaban J connectivity index is 2.70. The largest absolute Gasteiger partial charge is 0.324 e. The van der Waals surface area contributed by atoms with E-state index in [1.165, 1.54) is 5.39 Å². The van der Waals surface area contributed by atoms with Gasteiger partial charge in [0, 0.05) is 23.9 Å². The Morgan fingerprint density at radius 1 is 1.29 bits per heavy atom. The fraction of sp³-hybridized carbons (Fsp3) is 0.500. The topological polar surface area (TPSA) is 43.8 Å². The van der Waals surface area contributed by atoms with Crippen molar-refractivity contribution in [2.75, 3.05) is 0 Å². The van der Waals surface area contributed by atoms with Gasteiger partial charge in [-0.2, -0.15) is 5.10 Å². The number of hydrogen-bond donors (Lipinski definition) is 1. The summed E-state index contributed by atoms with van der Waals surface area (Å²) in [6, 6.07) is 6.45. The second-order valence-electron chi connectivity index (χ2n) is 5.79. The number of aryl methyl sites for hydroxylation is 1. The summed E-state index contributed by atoms with van der Waals surface area (Å²) in [6.45, 7) is 8.57. The number of nitrogens with zero attached hydrogens (tertiary/aromatic N) is 2. The van der Waals surface area contributed by atoms with Crippen LogP contribution >= 0.6 is 0 Å². The molecule has 0 saturated heterocycles. The highest BCUT2D eigenvalue weighted by molar-refractivity contribution is 5.83. The van der Waals surface area contributed by atoms with Crippen molar-refractivity contribution >= 4 is 10.9 Å². The summed E-state index contributed by atoms with van der Waals surface area (Å²) >= 11 is 0. The van der Waals surface area contributed by atoms with Crippen LogP contribution in [0.3, 0.4) is 0 Å². The maximum Gasteiger partial charge on any atom is 0.0756 e. The number of fused-ring (bicyclic) bond motifs is 1. The second kappa shape index (κ2) is 3.84. The molecule has 3 heteroatoms. The quantitative estimate of drug-likeness (QED) is 0.820. The van der Waals surface area contributed by atoms with E-state index in [0.29, 0.717) is 0 Å². The molecule has 1 aromatic heterocycles. The van der Waals surface area contributed by atoms with Gasteiger partial charge in [-0.15, -0.1) is 0 Å². The van der Waals surface area contributed by atoms with E-state index in [9.17, 15) is 0 Å². The molecule has 0 aliphatic heterocycles. The predicted octanol–water partition coefficient (Wildman–Crippen LogP) is 2.89. The lowest BCUT2D eigenvalue weighted by atomic mass is 9.89. The average Bonchev–Trinajstić information content (AvgIpc) is 2.55. The normalized spacial score (nSPS) is 14.2. The van der Waals surface area contributed by atoms with Gasteiger partial charge in [-0.05, 0) is 18.6 Å². The lowest BCUT2D eigenvalue weighted by molar-refractivity contribution is 0.558. The lowest BCUT2D eigenvalue weighted by Gasteiger charge is -2.15. The maximum absolute atomic E-state index is 5.92. The molecule has 1 aromatic carbocycles. The molecule has 1 heterocycles. The van der Waals surface area contributed by atoms with Crippen molar-refractivity contribution in [3.8, 4) is 0 Å². The third-order valence-electron chi connectivity index (χ3n) is 3.11. The first-order valence-electron chi connectivity index (χ1n) is 6.03. The molecule has 2 rings (SSSR count). The van der Waals surface area contributed by atoms with Gasteiger partial charge in [0.1, 0.15) is 0 Å². The summed E-state index contributed by atoms with van der Waals surface area (Å²) in [5.74, 6) is 0. The molecule has 0 saturated carbocycles. The minimum Gasteiger partial charge on any atom is -0.324 e. The summed E-state index contributed by atoms with van der Waals surface area (Å²) < 4.78 is 1.95. The predicted molar refractivity (Wildman–Crippen MR) is 72.0 cm³/mol. The molecule has 3 nitrogen and oxygen atoms in total. The Hall–Kier alpha value is -1.35. The third kappa shape index (κ3) is 2.07. The van der Waals surface area contributed by atoms with Crippen LogP contribution in [-0.2, 0) is 12.5 Å². The summed E-state index contributed by atoms with van der Waals surface area (Å²) in [4.78, 5) is 0. The van der Waals surface area contributed by atoms with Gasteiger partial charge < -0.3 is 5.73 Å². The van der Waals surface area contributed by atoms with Crippen molar-refractivity contribution in [2.24, 2.45) is 12.8 Å². The summed E-state index contributed by atoms with van der Waals surface area (Å²) in [5.41, 5.74) is 9.44. The Bertz CT molecular complexity index is 544. The molecule has 2 N–H and O–H groups in total. The van der Waals surface area contributed by atoms with E-state index in [2.05, 4.69) is 44.1 Å². The van der Waals surface area contributed by atoms with Crippen LogP contribution in [-0.4, -0.2) is 9.78 Å². The lowest BCUT2D eigenvalue weighted by Crippen LogP contribution is -2.12. The van der Waals surface area contributed by atoms with Gasteiger partial charge >= 0.3 is 0 Å². The van der Waals surface area contributed by atoms with Crippen molar-refractivity contribution in [1.82, 2.24) is 9.78 Å². The van der Waals surface area contributed by atoms with Gasteiger partial charge in [0.25, 0.3) is 0 Å². The number of benzene rings is 1. The van der Waals surface area contributed by atoms with Gasteiger partial charge in [0.2, 0.25) is 0 Å². The Morgan fingerprint density at radius 2 is 1.94 bits per heavy atom. The molecule has 92 valence electrons. The van der Waals surface area contributed by atoms with Gasteiger partial charge in [-0.3, -0.25) is 4.68 Å². The zero-order chi connectivity index (χ0) is 12.8. The van der Waals surface area contributed by atoms with Crippen LogP contribution in [0, 0.1) is 0 Å². The molecule has 2 aromatic rings. The van der Waals surface area contributed by atoms with E-state index in [4.69, 9.17) is 5.73 Å². The third-order valence-corrected chi connectivity index (χ3v) is 3.11. The van der Waals surface area contributed by atoms with Crippen LogP contribution in [0.5, 0.6) is 0 Å². The molecular formula is C14H21N3. The molecular weight excluding hydrogens is 210 g/mol. The van der Waals surface area contributed by atoms with Crippen molar-refractivity contribution < 1.29 is 0 Å². The Morgan fingerprint density at radius 3 is 2.47 bits per heavy atom. The molecule has 0 amide bonds. The van der Waals surface area contributed by atoms with Gasteiger partial charge in [0.05, 0.1) is 11.2 Å². The zero-order valence-corrected chi connectivity index (χ0v) is 11.3. The first-order chi connectivity index (χ1) is 7.80. The van der Waals surface area contributed by atoms with Gasteiger partial charge in [-0.25, -0.2) is 0 Å². The minimum atomic E-state index is 0.0624. The van der Waals surface area contributed by atoms with E-state index in [1.807, 2.05) is 18.7 Å². The van der Waals surface area contributed by atoms with E-state index < -0.39 is 0 Å². The molecule has 0 aliphatic carbocycles. The second-order valence-corrected chi connectivity index (χ2v) is 5.79. The standard InChI is InChI=1S/C14H21N3/c1-9(15)10-6-7-11-12(8-10)17(5)16-13(11)14(2,3)4/h6-9H,15H2,1-5H3. The van der Waals surface area contributed by atoms with Gasteiger partial charge in [0.15, 0.2) is 0 Å². The van der Waals surface area contributed by atoms with Crippen LogP contribution in [0.4, 0.5) is 0 Å². The first-order valence-corrected chi connectivity index (χ1v) is 6.03. The van der Waals surface area contributed by atoms with Crippen LogP contribution in [0.2, 0.25) is 0 Å². The number of nitrogens with two attached hydrogens (primary N) is 1. The van der Waals surface area contributed by atoms with E-state index in [1.54, 1.807) is 0 Å². The molecule has 0 radical (unpaired) electrons. The van der Waals surface area contributed by atoms with E-state index >= 15 is 0 Å². The zero-order valence-electron chi connectivity index (χ0n) is 11.3. The van der Waals surface area contributed by atoms with Crippen molar-refractivity contribution in [3.05, 3.63) is 29.5 Å². The monoisotopic (exact) mass is 231 g/mol. The molecule has 17 heavy (non-hydrogen) atoms. The first kappa shape index (κ1) is 12.1. The summed E-state index contributed by atoms with van der Waals surface area (Å²) in [7, 11) is 1.99. The van der Waals surface area contributed by atoms with Crippen LogP contribution < -0.4 is 5.73 Å². The minimum absolute atomic E-state index is 0.0624. The van der Waals surface area contributed by atoms with Gasteiger partial charge in [-0.1, -0.05) is 32.9 Å². The summed E-state index contributed by atoms with van der Waals surface area (Å²) in [5, 5.41) is 5.86. The number of hydrogen-bond acceptors (Lipinski definition) is 2. The molecule has 1 atom stereocenters. The Kier molecular flexibility index (Phi) is 2.74. The van der Waals surface area contributed by atoms with Crippen molar-refractivity contribution in [1.29, 1.82) is 0 Å². The number of aromatic nitrogens is 2. The average molecular weight is 231 g/mol. The summed E-state index contributed by atoms with van der Waals surface area (Å²) in [6.07, 6.45) is 0. The highest BCUT2D eigenvalue weighted by Gasteiger charge is 2.21. The fourth-order valence-corrected chi connectivity index (χ4v) is 2.11. The molecule has 0 aliphatic rings. The highest BCUT2D eigenvalue weighted by atomic mass is 15.3. The van der Waals surface area contributed by atoms with Crippen LogP contribution in [0.25, 0.3) is 10.9 Å². The van der Waals surface area contributed by atoms with Crippen LogP contribution in [0.15, 0.2) is 18.2 Å². The number of rotatable bonds is 1. The maximum atomic E-state index is 5.92. The van der Waals surface area contributed by atoms with E-state index in [-0.39, 0.29) is 11.5 Å². The van der Waals surface area contributed by atoms with Crippen LogP contribution in [0.1, 0.15) is 45.0 Å². The molecule has 0 bridgehead atoms.